The Morgan fingerprint density at radius 3 is 2.48 bits per heavy atom. The van der Waals surface area contributed by atoms with Crippen molar-refractivity contribution >= 4 is 0 Å². The van der Waals surface area contributed by atoms with Gasteiger partial charge in [-0.25, -0.2) is 0 Å². The molecule has 0 N–H and O–H groups in total. The lowest BCUT2D eigenvalue weighted by Crippen LogP contribution is -2.13. The first kappa shape index (κ1) is 17.8. The minimum absolute atomic E-state index is 0.696. The van der Waals surface area contributed by atoms with E-state index in [1.54, 1.807) is 0 Å². The first-order valence-electron chi connectivity index (χ1n) is 9.02. The van der Waals surface area contributed by atoms with Crippen LogP contribution in [-0.4, -0.2) is 13.2 Å². The summed E-state index contributed by atoms with van der Waals surface area (Å²) in [7, 11) is 0. The fraction of sp³-hybridized carbons (Fsp3) is 0.571. The Labute approximate surface area is 141 Å². The predicted molar refractivity (Wildman–Crippen MR) is 95.3 cm³/mol. The summed E-state index contributed by atoms with van der Waals surface area (Å²) in [5.41, 5.74) is 2.18. The van der Waals surface area contributed by atoms with E-state index < -0.39 is 0 Å². The molecule has 1 aromatic carbocycles. The molecule has 0 atom stereocenters. The van der Waals surface area contributed by atoms with E-state index in [0.717, 1.165) is 31.1 Å². The van der Waals surface area contributed by atoms with Crippen molar-refractivity contribution in [2.75, 3.05) is 13.2 Å². The molecule has 2 nitrogen and oxygen atoms in total. The van der Waals surface area contributed by atoms with E-state index in [9.17, 15) is 0 Å². The van der Waals surface area contributed by atoms with Crippen LogP contribution < -0.4 is 0 Å². The molecule has 1 fully saturated rings. The molecule has 1 aromatic rings. The van der Waals surface area contributed by atoms with Crippen LogP contribution in [0.15, 0.2) is 36.9 Å². The van der Waals surface area contributed by atoms with Crippen LogP contribution in [0.2, 0.25) is 0 Å². The number of rotatable bonds is 9. The van der Waals surface area contributed by atoms with E-state index in [1.807, 2.05) is 18.2 Å². The lowest BCUT2D eigenvalue weighted by atomic mass is 9.77. The van der Waals surface area contributed by atoms with E-state index >= 15 is 0 Å². The third-order valence-electron chi connectivity index (χ3n) is 4.98. The second-order valence-electron chi connectivity index (χ2n) is 6.64. The maximum absolute atomic E-state index is 8.87. The molecule has 2 heteroatoms. The standard InChI is InChI=1S/C21H29NO/c1-2-3-15-23-16-5-4-6-18-7-11-20(12-8-18)21-13-9-19(17-22)10-14-21/h2,9-10,13-14,18,20H,1,3-8,11-12,15-16H2/t18-,20-. The van der Waals surface area contributed by atoms with Crippen molar-refractivity contribution in [2.24, 2.45) is 5.92 Å². The zero-order chi connectivity index (χ0) is 16.3. The topological polar surface area (TPSA) is 33.0 Å². The van der Waals surface area contributed by atoms with Crippen molar-refractivity contribution in [3.8, 4) is 6.07 Å². The zero-order valence-corrected chi connectivity index (χ0v) is 14.2. The van der Waals surface area contributed by atoms with Gasteiger partial charge in [-0.05, 0) is 68.1 Å². The minimum Gasteiger partial charge on any atom is -0.381 e. The molecule has 0 spiro atoms. The van der Waals surface area contributed by atoms with Crippen molar-refractivity contribution in [3.05, 3.63) is 48.0 Å². The van der Waals surface area contributed by atoms with E-state index in [0.29, 0.717) is 5.92 Å². The Morgan fingerprint density at radius 2 is 1.83 bits per heavy atom. The van der Waals surface area contributed by atoms with Crippen molar-refractivity contribution in [3.63, 3.8) is 0 Å². The van der Waals surface area contributed by atoms with Gasteiger partial charge in [0.25, 0.3) is 0 Å². The molecule has 1 aliphatic carbocycles. The average molecular weight is 311 g/mol. The molecule has 124 valence electrons. The van der Waals surface area contributed by atoms with E-state index in [1.165, 1.54) is 50.5 Å². The van der Waals surface area contributed by atoms with Crippen LogP contribution in [0.25, 0.3) is 0 Å². The third kappa shape index (κ3) is 6.20. The summed E-state index contributed by atoms with van der Waals surface area (Å²) in [6.45, 7) is 5.41. The second-order valence-corrected chi connectivity index (χ2v) is 6.64. The molecule has 1 aliphatic rings. The molecule has 0 bridgehead atoms. The number of ether oxygens (including phenoxy) is 1. The van der Waals surface area contributed by atoms with Crippen molar-refractivity contribution in [1.82, 2.24) is 0 Å². The molecule has 0 saturated heterocycles. The molecule has 0 aliphatic heterocycles. The Kier molecular flexibility index (Phi) is 7.90. The van der Waals surface area contributed by atoms with Crippen molar-refractivity contribution in [1.29, 1.82) is 5.26 Å². The van der Waals surface area contributed by atoms with Gasteiger partial charge in [-0.15, -0.1) is 6.58 Å². The number of hydrogen-bond donors (Lipinski definition) is 0. The van der Waals surface area contributed by atoms with Crippen LogP contribution in [0, 0.1) is 17.2 Å². The van der Waals surface area contributed by atoms with Gasteiger partial charge in [-0.2, -0.15) is 5.26 Å². The lowest BCUT2D eigenvalue weighted by Gasteiger charge is -2.29. The number of unbranched alkanes of at least 4 members (excludes halogenated alkanes) is 1. The number of benzene rings is 1. The smallest absolute Gasteiger partial charge is 0.0991 e. The molecule has 0 heterocycles. The largest absolute Gasteiger partial charge is 0.381 e. The number of nitriles is 1. The normalized spacial score (nSPS) is 20.8. The minimum atomic E-state index is 0.696. The van der Waals surface area contributed by atoms with Crippen LogP contribution in [0.5, 0.6) is 0 Å². The highest BCUT2D eigenvalue weighted by molar-refractivity contribution is 5.33. The monoisotopic (exact) mass is 311 g/mol. The van der Waals surface area contributed by atoms with Gasteiger partial charge in [0, 0.05) is 13.2 Å². The van der Waals surface area contributed by atoms with Gasteiger partial charge in [-0.1, -0.05) is 31.1 Å². The Bertz CT molecular complexity index is 492. The van der Waals surface area contributed by atoms with Gasteiger partial charge in [0.15, 0.2) is 0 Å². The molecule has 1 saturated carbocycles. The molecule has 0 amide bonds. The first-order valence-corrected chi connectivity index (χ1v) is 9.02. The highest BCUT2D eigenvalue weighted by atomic mass is 16.5. The summed E-state index contributed by atoms with van der Waals surface area (Å²) >= 11 is 0. The maximum Gasteiger partial charge on any atom is 0.0991 e. The molecule has 23 heavy (non-hydrogen) atoms. The third-order valence-corrected chi connectivity index (χ3v) is 4.98. The SMILES string of the molecule is C=CCCOCCCC[C@H]1CC[C@H](c2ccc(C#N)cc2)CC1. The predicted octanol–water partition coefficient (Wildman–Crippen LogP) is 5.60. The van der Waals surface area contributed by atoms with Crippen LogP contribution >= 0.6 is 0 Å². The van der Waals surface area contributed by atoms with Gasteiger partial charge in [0.05, 0.1) is 11.6 Å². The van der Waals surface area contributed by atoms with Crippen LogP contribution in [0.4, 0.5) is 0 Å². The second kappa shape index (κ2) is 10.2. The van der Waals surface area contributed by atoms with Gasteiger partial charge >= 0.3 is 0 Å². The van der Waals surface area contributed by atoms with Crippen LogP contribution in [0.1, 0.15) is 68.4 Å². The van der Waals surface area contributed by atoms with Gasteiger partial charge < -0.3 is 4.74 Å². The molecule has 0 aromatic heterocycles. The van der Waals surface area contributed by atoms with Crippen molar-refractivity contribution in [2.45, 2.75) is 57.3 Å². The maximum atomic E-state index is 8.87. The number of nitrogens with zero attached hydrogens (tertiary/aromatic N) is 1. The summed E-state index contributed by atoms with van der Waals surface area (Å²) in [4.78, 5) is 0. The molecular weight excluding hydrogens is 282 g/mol. The molecule has 0 unspecified atom stereocenters. The van der Waals surface area contributed by atoms with E-state index in [-0.39, 0.29) is 0 Å². The molecular formula is C21H29NO. The highest BCUT2D eigenvalue weighted by Crippen LogP contribution is 2.37. The Balaban J connectivity index is 1.60. The van der Waals surface area contributed by atoms with E-state index in [4.69, 9.17) is 10.00 Å². The molecule has 0 radical (unpaired) electrons. The Hall–Kier alpha value is -1.59. The summed E-state index contributed by atoms with van der Waals surface area (Å²) in [6.07, 6.45) is 12.0. The van der Waals surface area contributed by atoms with Crippen LogP contribution in [0.3, 0.4) is 0 Å². The summed E-state index contributed by atoms with van der Waals surface area (Å²) < 4.78 is 5.56. The quantitative estimate of drug-likeness (QED) is 0.439. The van der Waals surface area contributed by atoms with Gasteiger partial charge in [0.1, 0.15) is 0 Å². The highest BCUT2D eigenvalue weighted by Gasteiger charge is 2.21. The number of hydrogen-bond acceptors (Lipinski definition) is 2. The fourth-order valence-corrected chi connectivity index (χ4v) is 3.52. The summed E-state index contributed by atoms with van der Waals surface area (Å²) in [6, 6.07) is 10.4. The van der Waals surface area contributed by atoms with Gasteiger partial charge in [0.2, 0.25) is 0 Å². The lowest BCUT2D eigenvalue weighted by molar-refractivity contribution is 0.132. The fourth-order valence-electron chi connectivity index (χ4n) is 3.52. The Morgan fingerprint density at radius 1 is 1.09 bits per heavy atom. The summed E-state index contributed by atoms with van der Waals surface area (Å²) in [5.74, 6) is 1.60. The first-order chi connectivity index (χ1) is 11.3. The van der Waals surface area contributed by atoms with Crippen LogP contribution in [-0.2, 0) is 4.74 Å². The zero-order valence-electron chi connectivity index (χ0n) is 14.2. The average Bonchev–Trinajstić information content (AvgIpc) is 2.61. The van der Waals surface area contributed by atoms with Crippen molar-refractivity contribution < 1.29 is 4.74 Å². The summed E-state index contributed by atoms with van der Waals surface area (Å²) in [5, 5.41) is 8.87. The van der Waals surface area contributed by atoms with Gasteiger partial charge in [-0.3, -0.25) is 0 Å². The molecule has 2 rings (SSSR count). The van der Waals surface area contributed by atoms with E-state index in [2.05, 4.69) is 24.8 Å².